The first-order valence-corrected chi connectivity index (χ1v) is 7.85. The predicted octanol–water partition coefficient (Wildman–Crippen LogP) is 2.20. The summed E-state index contributed by atoms with van der Waals surface area (Å²) in [6.07, 6.45) is 2.08. The number of ether oxygens (including phenoxy) is 1. The number of hydrogen-bond acceptors (Lipinski definition) is 4. The first kappa shape index (κ1) is 14.6. The molecule has 0 aliphatic carbocycles. The second kappa shape index (κ2) is 6.58. The number of sulfonamides is 1. The SMILES string of the molecule is CCOc1ccc(S(=O)(=O)NCCc2ccco2)cc1. The van der Waals surface area contributed by atoms with Crippen LogP contribution < -0.4 is 9.46 Å². The van der Waals surface area contributed by atoms with E-state index in [9.17, 15) is 8.42 Å². The maximum absolute atomic E-state index is 12.0. The molecule has 2 aromatic rings. The average molecular weight is 295 g/mol. The van der Waals surface area contributed by atoms with E-state index in [1.54, 1.807) is 24.5 Å². The van der Waals surface area contributed by atoms with Crippen molar-refractivity contribution in [2.75, 3.05) is 13.2 Å². The van der Waals surface area contributed by atoms with Gasteiger partial charge < -0.3 is 9.15 Å². The average Bonchev–Trinajstić information content (AvgIpc) is 2.93. The summed E-state index contributed by atoms with van der Waals surface area (Å²) in [5.41, 5.74) is 0. The summed E-state index contributed by atoms with van der Waals surface area (Å²) in [5, 5.41) is 0. The first-order valence-electron chi connectivity index (χ1n) is 6.37. The van der Waals surface area contributed by atoms with Crippen LogP contribution in [0.5, 0.6) is 5.75 Å². The Labute approximate surface area is 118 Å². The highest BCUT2D eigenvalue weighted by Crippen LogP contribution is 2.15. The van der Waals surface area contributed by atoms with Crippen LogP contribution in [0.1, 0.15) is 12.7 Å². The molecule has 0 aliphatic heterocycles. The summed E-state index contributed by atoms with van der Waals surface area (Å²) in [4.78, 5) is 0.223. The van der Waals surface area contributed by atoms with Gasteiger partial charge in [0, 0.05) is 13.0 Å². The molecule has 0 aliphatic rings. The van der Waals surface area contributed by atoms with Crippen molar-refractivity contribution in [3.63, 3.8) is 0 Å². The van der Waals surface area contributed by atoms with Gasteiger partial charge >= 0.3 is 0 Å². The van der Waals surface area contributed by atoms with Gasteiger partial charge in [-0.3, -0.25) is 0 Å². The van der Waals surface area contributed by atoms with Gasteiger partial charge in [0.15, 0.2) is 0 Å². The van der Waals surface area contributed by atoms with Crippen LogP contribution in [0.25, 0.3) is 0 Å². The molecule has 5 nitrogen and oxygen atoms in total. The topological polar surface area (TPSA) is 68.5 Å². The molecule has 1 aromatic carbocycles. The number of nitrogens with one attached hydrogen (secondary N) is 1. The van der Waals surface area contributed by atoms with Gasteiger partial charge in [-0.25, -0.2) is 13.1 Å². The van der Waals surface area contributed by atoms with Gasteiger partial charge in [-0.05, 0) is 43.3 Å². The molecule has 108 valence electrons. The van der Waals surface area contributed by atoms with Crippen molar-refractivity contribution in [1.29, 1.82) is 0 Å². The summed E-state index contributed by atoms with van der Waals surface area (Å²) in [6.45, 7) is 2.72. The van der Waals surface area contributed by atoms with Crippen LogP contribution in [0.15, 0.2) is 52.0 Å². The molecular weight excluding hydrogens is 278 g/mol. The first-order chi connectivity index (χ1) is 9.62. The quantitative estimate of drug-likeness (QED) is 0.850. The molecule has 0 amide bonds. The Morgan fingerprint density at radius 2 is 1.95 bits per heavy atom. The molecule has 0 fully saturated rings. The lowest BCUT2D eigenvalue weighted by atomic mass is 10.3. The summed E-state index contributed by atoms with van der Waals surface area (Å²) >= 11 is 0. The Bertz CT molecular complexity index is 618. The summed E-state index contributed by atoms with van der Waals surface area (Å²) < 4.78 is 37.1. The maximum Gasteiger partial charge on any atom is 0.240 e. The third-order valence-corrected chi connectivity index (χ3v) is 4.17. The van der Waals surface area contributed by atoms with Crippen molar-refractivity contribution in [2.24, 2.45) is 0 Å². The van der Waals surface area contributed by atoms with Gasteiger partial charge in [-0.1, -0.05) is 0 Å². The zero-order valence-electron chi connectivity index (χ0n) is 11.2. The Balaban J connectivity index is 1.95. The highest BCUT2D eigenvalue weighted by molar-refractivity contribution is 7.89. The van der Waals surface area contributed by atoms with Gasteiger partial charge in [0.1, 0.15) is 11.5 Å². The zero-order valence-corrected chi connectivity index (χ0v) is 12.0. The van der Waals surface area contributed by atoms with Gasteiger partial charge in [-0.15, -0.1) is 0 Å². The molecule has 0 atom stereocenters. The van der Waals surface area contributed by atoms with E-state index < -0.39 is 10.0 Å². The maximum atomic E-state index is 12.0. The Morgan fingerprint density at radius 1 is 1.20 bits per heavy atom. The minimum Gasteiger partial charge on any atom is -0.494 e. The minimum atomic E-state index is -3.49. The van der Waals surface area contributed by atoms with Crippen LogP contribution in [-0.2, 0) is 16.4 Å². The van der Waals surface area contributed by atoms with E-state index in [1.165, 1.54) is 12.1 Å². The molecule has 1 N–H and O–H groups in total. The molecule has 20 heavy (non-hydrogen) atoms. The van der Waals surface area contributed by atoms with Crippen molar-refractivity contribution in [3.8, 4) is 5.75 Å². The molecule has 1 heterocycles. The van der Waals surface area contributed by atoms with Crippen LogP contribution in [-0.4, -0.2) is 21.6 Å². The van der Waals surface area contributed by atoms with Crippen LogP contribution in [0, 0.1) is 0 Å². The fourth-order valence-corrected chi connectivity index (χ4v) is 2.76. The molecular formula is C14H17NO4S. The Kier molecular flexibility index (Phi) is 4.81. The lowest BCUT2D eigenvalue weighted by Crippen LogP contribution is -2.25. The van der Waals surface area contributed by atoms with E-state index in [0.29, 0.717) is 25.3 Å². The largest absolute Gasteiger partial charge is 0.494 e. The van der Waals surface area contributed by atoms with Gasteiger partial charge in [0.05, 0.1) is 17.8 Å². The predicted molar refractivity (Wildman–Crippen MR) is 75.2 cm³/mol. The number of hydrogen-bond donors (Lipinski definition) is 1. The molecule has 0 unspecified atom stereocenters. The second-order valence-corrected chi connectivity index (χ2v) is 5.90. The molecule has 0 spiro atoms. The summed E-state index contributed by atoms with van der Waals surface area (Å²) in [5.74, 6) is 1.40. The molecule has 0 saturated heterocycles. The van der Waals surface area contributed by atoms with E-state index in [1.807, 2.05) is 13.0 Å². The standard InChI is InChI=1S/C14H17NO4S/c1-2-18-13-5-7-14(8-6-13)20(16,17)15-10-9-12-4-3-11-19-12/h3-8,11,15H,2,9-10H2,1H3. The number of furan rings is 1. The highest BCUT2D eigenvalue weighted by atomic mass is 32.2. The number of benzene rings is 1. The molecule has 2 rings (SSSR count). The van der Waals surface area contributed by atoms with E-state index >= 15 is 0 Å². The Hall–Kier alpha value is -1.79. The fraction of sp³-hybridized carbons (Fsp3) is 0.286. The van der Waals surface area contributed by atoms with E-state index in [4.69, 9.17) is 9.15 Å². The van der Waals surface area contributed by atoms with Crippen LogP contribution in [0.4, 0.5) is 0 Å². The minimum absolute atomic E-state index is 0.223. The van der Waals surface area contributed by atoms with Crippen LogP contribution in [0.2, 0.25) is 0 Å². The third-order valence-electron chi connectivity index (χ3n) is 2.69. The second-order valence-electron chi connectivity index (χ2n) is 4.13. The highest BCUT2D eigenvalue weighted by Gasteiger charge is 2.13. The van der Waals surface area contributed by atoms with E-state index in [2.05, 4.69) is 4.72 Å². The summed E-state index contributed by atoms with van der Waals surface area (Å²) in [7, 11) is -3.49. The molecule has 6 heteroatoms. The molecule has 0 radical (unpaired) electrons. The van der Waals surface area contributed by atoms with Crippen molar-refractivity contribution in [1.82, 2.24) is 4.72 Å². The number of rotatable bonds is 7. The Morgan fingerprint density at radius 3 is 2.55 bits per heavy atom. The summed E-state index contributed by atoms with van der Waals surface area (Å²) in [6, 6.07) is 9.93. The van der Waals surface area contributed by atoms with E-state index in [0.717, 1.165) is 5.76 Å². The van der Waals surface area contributed by atoms with Gasteiger partial charge in [0.2, 0.25) is 10.0 Å². The van der Waals surface area contributed by atoms with Crippen molar-refractivity contribution >= 4 is 10.0 Å². The van der Waals surface area contributed by atoms with Gasteiger partial charge in [0.25, 0.3) is 0 Å². The molecule has 0 bridgehead atoms. The van der Waals surface area contributed by atoms with Crippen molar-refractivity contribution in [3.05, 3.63) is 48.4 Å². The van der Waals surface area contributed by atoms with E-state index in [-0.39, 0.29) is 4.90 Å². The van der Waals surface area contributed by atoms with Crippen molar-refractivity contribution in [2.45, 2.75) is 18.2 Å². The lowest BCUT2D eigenvalue weighted by molar-refractivity contribution is 0.340. The third kappa shape index (κ3) is 3.85. The van der Waals surface area contributed by atoms with Crippen LogP contribution >= 0.6 is 0 Å². The lowest BCUT2D eigenvalue weighted by Gasteiger charge is -2.07. The van der Waals surface area contributed by atoms with Crippen LogP contribution in [0.3, 0.4) is 0 Å². The zero-order chi connectivity index (χ0) is 14.4. The molecule has 1 aromatic heterocycles. The fourth-order valence-electron chi connectivity index (χ4n) is 1.73. The normalized spacial score (nSPS) is 11.4. The van der Waals surface area contributed by atoms with Crippen molar-refractivity contribution < 1.29 is 17.6 Å². The monoisotopic (exact) mass is 295 g/mol. The molecule has 0 saturated carbocycles. The van der Waals surface area contributed by atoms with Gasteiger partial charge in [-0.2, -0.15) is 0 Å². The smallest absolute Gasteiger partial charge is 0.240 e.